The van der Waals surface area contributed by atoms with E-state index in [0.717, 1.165) is 29.7 Å². The quantitative estimate of drug-likeness (QED) is 0.184. The molecule has 0 spiro atoms. The molecule has 1 saturated heterocycles. The summed E-state index contributed by atoms with van der Waals surface area (Å²) in [6, 6.07) is -2.14. The van der Waals surface area contributed by atoms with Gasteiger partial charge < -0.3 is 15.0 Å². The van der Waals surface area contributed by atoms with Crippen LogP contribution < -0.4 is 5.32 Å². The van der Waals surface area contributed by atoms with E-state index in [1.807, 2.05) is 25.2 Å². The van der Waals surface area contributed by atoms with Crippen LogP contribution >= 0.6 is 10.7 Å². The minimum atomic E-state index is -2.00. The van der Waals surface area contributed by atoms with E-state index >= 15 is 0 Å². The van der Waals surface area contributed by atoms with Gasteiger partial charge in [0.2, 0.25) is 11.8 Å². The minimum Gasteiger partial charge on any atom is -0.464 e. The molecule has 0 aromatic rings. The smallest absolute Gasteiger partial charge is 0.333 e. The van der Waals surface area contributed by atoms with Crippen molar-refractivity contribution in [2.24, 2.45) is 0 Å². The number of hydrogen-bond acceptors (Lipinski definition) is 5. The lowest BCUT2D eigenvalue weighted by Gasteiger charge is -2.48. The Bertz CT molecular complexity index is 764. The summed E-state index contributed by atoms with van der Waals surface area (Å²) < 4.78 is 17.3. The normalized spacial score (nSPS) is 22.9. The lowest BCUT2D eigenvalue weighted by atomic mass is 9.98. The molecule has 29 heavy (non-hydrogen) atoms. The zero-order valence-electron chi connectivity index (χ0n) is 16.7. The molecule has 0 aromatic carbocycles. The zero-order chi connectivity index (χ0) is 21.6. The Morgan fingerprint density at radius 3 is 2.76 bits per heavy atom. The molecule has 0 radical (unpaired) electrons. The minimum absolute atomic E-state index is 0.152. The largest absolute Gasteiger partial charge is 0.464 e. The van der Waals surface area contributed by atoms with Gasteiger partial charge in [0.25, 0.3) is 0 Å². The number of nitrogens with zero attached hydrogens (tertiary/aromatic N) is 1. The van der Waals surface area contributed by atoms with Crippen molar-refractivity contribution in [1.82, 2.24) is 10.2 Å². The molecule has 1 N–H and O–H groups in total. The van der Waals surface area contributed by atoms with E-state index in [1.54, 1.807) is 6.92 Å². The maximum Gasteiger partial charge on any atom is 0.333 e. The van der Waals surface area contributed by atoms with Crippen molar-refractivity contribution in [3.63, 3.8) is 0 Å². The highest BCUT2D eigenvalue weighted by Gasteiger charge is 2.56. The van der Waals surface area contributed by atoms with E-state index in [-0.39, 0.29) is 18.9 Å². The van der Waals surface area contributed by atoms with Crippen LogP contribution in [0.2, 0.25) is 0 Å². The van der Waals surface area contributed by atoms with Crippen molar-refractivity contribution in [2.75, 3.05) is 6.61 Å². The number of unbranched alkanes of at least 4 members (excludes halogenated alkanes) is 1. The number of carbonyl (C=O) groups is 3. The molecule has 0 saturated carbocycles. The van der Waals surface area contributed by atoms with Gasteiger partial charge in [-0.15, -0.1) is 0 Å². The van der Waals surface area contributed by atoms with Crippen LogP contribution in [0.4, 0.5) is 0 Å². The van der Waals surface area contributed by atoms with Crippen molar-refractivity contribution in [2.45, 2.75) is 63.4 Å². The van der Waals surface area contributed by atoms with E-state index < -0.39 is 39.3 Å². The van der Waals surface area contributed by atoms with E-state index in [1.165, 1.54) is 0 Å². The van der Waals surface area contributed by atoms with E-state index in [2.05, 4.69) is 11.9 Å². The van der Waals surface area contributed by atoms with Crippen LogP contribution in [0, 0.1) is 0 Å². The number of halogens is 1. The highest BCUT2D eigenvalue weighted by Crippen LogP contribution is 2.31. The fraction of sp³-hybridized carbons (Fsp3) is 0.550. The summed E-state index contributed by atoms with van der Waals surface area (Å²) in [5, 5.41) is 1.57. The van der Waals surface area contributed by atoms with Crippen LogP contribution in [-0.2, 0) is 29.1 Å². The second-order valence-corrected chi connectivity index (χ2v) is 9.06. The number of allylic oxidation sites excluding steroid dienone is 3. The van der Waals surface area contributed by atoms with Gasteiger partial charge in [0, 0.05) is 6.42 Å². The number of likely N-dealkylation sites (tertiary alicyclic amines) is 1. The molecule has 1 fully saturated rings. The Kier molecular flexibility index (Phi) is 8.64. The molecule has 160 valence electrons. The van der Waals surface area contributed by atoms with Gasteiger partial charge in [0.1, 0.15) is 16.1 Å². The Morgan fingerprint density at radius 2 is 2.21 bits per heavy atom. The Morgan fingerprint density at radius 1 is 1.48 bits per heavy atom. The van der Waals surface area contributed by atoms with Crippen molar-refractivity contribution in [3.05, 3.63) is 36.0 Å². The van der Waals surface area contributed by atoms with Crippen LogP contribution in [0.3, 0.4) is 0 Å². The van der Waals surface area contributed by atoms with Crippen molar-refractivity contribution < 1.29 is 23.3 Å². The molecule has 9 heteroatoms. The van der Waals surface area contributed by atoms with Crippen molar-refractivity contribution >= 4 is 38.5 Å². The van der Waals surface area contributed by atoms with Gasteiger partial charge >= 0.3 is 5.97 Å². The maximum absolute atomic E-state index is 12.7. The number of esters is 1. The molecule has 2 aliphatic rings. The SMILES string of the molecule is C=C(C)C(C(=O)OCCCC)N1C(=O)C(NC(=O)CC2=CC=CCC2)C1S(=O)Cl. The molecule has 0 aromatic heterocycles. The first-order valence-electron chi connectivity index (χ1n) is 9.62. The van der Waals surface area contributed by atoms with Gasteiger partial charge in [0.05, 0.1) is 6.61 Å². The Balaban J connectivity index is 2.08. The molecule has 1 aliphatic carbocycles. The van der Waals surface area contributed by atoms with Gasteiger partial charge in [0.15, 0.2) is 11.4 Å². The van der Waals surface area contributed by atoms with E-state index in [4.69, 9.17) is 15.4 Å². The number of nitrogens with one attached hydrogen (secondary N) is 1. The van der Waals surface area contributed by atoms with Gasteiger partial charge in [-0.2, -0.15) is 0 Å². The van der Waals surface area contributed by atoms with Gasteiger partial charge in [-0.1, -0.05) is 43.7 Å². The third kappa shape index (κ3) is 5.79. The van der Waals surface area contributed by atoms with Crippen LogP contribution in [0.15, 0.2) is 36.0 Å². The number of amides is 2. The number of carbonyl (C=O) groups excluding carboxylic acids is 3. The predicted molar refractivity (Wildman–Crippen MR) is 112 cm³/mol. The topological polar surface area (TPSA) is 92.8 Å². The molecule has 4 unspecified atom stereocenters. The summed E-state index contributed by atoms with van der Waals surface area (Å²) >= 11 is 0. The van der Waals surface area contributed by atoms with E-state index in [9.17, 15) is 18.6 Å². The summed E-state index contributed by atoms with van der Waals surface area (Å²) in [6.07, 6.45) is 9.11. The number of hydrogen-bond donors (Lipinski definition) is 1. The lowest BCUT2D eigenvalue weighted by Crippen LogP contribution is -2.75. The van der Waals surface area contributed by atoms with Crippen LogP contribution in [0.5, 0.6) is 0 Å². The first kappa shape index (κ1) is 23.3. The second-order valence-electron chi connectivity index (χ2n) is 7.17. The van der Waals surface area contributed by atoms with Gasteiger partial charge in [-0.3, -0.25) is 9.59 Å². The summed E-state index contributed by atoms with van der Waals surface area (Å²) in [7, 11) is 3.81. The fourth-order valence-electron chi connectivity index (χ4n) is 3.27. The Labute approximate surface area is 178 Å². The zero-order valence-corrected chi connectivity index (χ0v) is 18.3. The van der Waals surface area contributed by atoms with Gasteiger partial charge in [-0.25, -0.2) is 9.00 Å². The summed E-state index contributed by atoms with van der Waals surface area (Å²) in [5.41, 5.74) is 1.33. The summed E-state index contributed by atoms with van der Waals surface area (Å²) in [6.45, 7) is 7.53. The van der Waals surface area contributed by atoms with Crippen LogP contribution in [-0.4, -0.2) is 51.0 Å². The first-order chi connectivity index (χ1) is 13.8. The summed E-state index contributed by atoms with van der Waals surface area (Å²) in [5.74, 6) is -1.53. The second kappa shape index (κ2) is 10.7. The summed E-state index contributed by atoms with van der Waals surface area (Å²) in [4.78, 5) is 38.7. The molecule has 1 aliphatic heterocycles. The number of ether oxygens (including phenoxy) is 1. The molecule has 4 atom stereocenters. The number of β-lactam (4-membered cyclic amide) rings is 1. The molecule has 7 nitrogen and oxygen atoms in total. The standard InChI is InChI=1S/C20H27ClN2O5S/c1-4-5-11-28-20(26)17(13(2)3)23-18(25)16(19(23)29(21)27)22-15(24)12-14-9-7-6-8-10-14/h6-7,9,16-17,19H,2,4-5,8,10-12H2,1,3H3,(H,22,24). The average molecular weight is 443 g/mol. The van der Waals surface area contributed by atoms with E-state index in [0.29, 0.717) is 12.0 Å². The molecule has 0 bridgehead atoms. The molecule has 1 heterocycles. The molecule has 2 rings (SSSR count). The van der Waals surface area contributed by atoms with Crippen molar-refractivity contribution in [1.29, 1.82) is 0 Å². The Hall–Kier alpha value is -1.93. The highest BCUT2D eigenvalue weighted by molar-refractivity contribution is 8.08. The average Bonchev–Trinajstić information content (AvgIpc) is 2.66. The monoisotopic (exact) mass is 442 g/mol. The third-order valence-electron chi connectivity index (χ3n) is 4.78. The van der Waals surface area contributed by atoms with Crippen molar-refractivity contribution in [3.8, 4) is 0 Å². The fourth-order valence-corrected chi connectivity index (χ4v) is 4.64. The molecular formula is C20H27ClN2O5S. The highest BCUT2D eigenvalue weighted by atomic mass is 35.7. The third-order valence-corrected chi connectivity index (χ3v) is 6.21. The van der Waals surface area contributed by atoms with Gasteiger partial charge in [-0.05, 0) is 42.4 Å². The predicted octanol–water partition coefficient (Wildman–Crippen LogP) is 2.50. The lowest BCUT2D eigenvalue weighted by molar-refractivity contribution is -0.163. The first-order valence-corrected chi connectivity index (χ1v) is 11.7. The number of rotatable bonds is 10. The maximum atomic E-state index is 12.7. The van der Waals surface area contributed by atoms with Crippen LogP contribution in [0.25, 0.3) is 0 Å². The molecular weight excluding hydrogens is 416 g/mol. The van der Waals surface area contributed by atoms with Crippen LogP contribution in [0.1, 0.15) is 46.0 Å². The molecule has 2 amide bonds.